The van der Waals surface area contributed by atoms with E-state index in [0.29, 0.717) is 44.0 Å². The third-order valence-electron chi connectivity index (χ3n) is 9.71. The van der Waals surface area contributed by atoms with E-state index in [9.17, 15) is 19.2 Å². The first-order valence-electron chi connectivity index (χ1n) is 17.8. The maximum Gasteiger partial charge on any atom is 0.407 e. The molecule has 2 aromatic carbocycles. The summed E-state index contributed by atoms with van der Waals surface area (Å²) in [4.78, 5) is 70.0. The molecule has 14 heteroatoms. The van der Waals surface area contributed by atoms with E-state index in [2.05, 4.69) is 44.0 Å². The van der Waals surface area contributed by atoms with Crippen molar-refractivity contribution in [1.82, 2.24) is 40.4 Å². The van der Waals surface area contributed by atoms with Crippen LogP contribution < -0.4 is 10.6 Å². The Balaban J connectivity index is 1.12. The number of nitrogens with zero attached hydrogens (tertiary/aromatic N) is 4. The number of imidazole rings is 2. The number of aromatic nitrogens is 4. The van der Waals surface area contributed by atoms with Gasteiger partial charge < -0.3 is 39.9 Å². The summed E-state index contributed by atoms with van der Waals surface area (Å²) in [5, 5.41) is 5.25. The van der Waals surface area contributed by atoms with Gasteiger partial charge in [0.25, 0.3) is 0 Å². The molecule has 0 radical (unpaired) electrons. The van der Waals surface area contributed by atoms with E-state index >= 15 is 0 Å². The molecule has 2 fully saturated rings. The number of nitrogens with one attached hydrogen (secondary N) is 4. The summed E-state index contributed by atoms with van der Waals surface area (Å²) < 4.78 is 9.40. The van der Waals surface area contributed by atoms with Crippen LogP contribution in [0.2, 0.25) is 0 Å². The third-order valence-corrected chi connectivity index (χ3v) is 9.71. The molecule has 4 atom stereocenters. The van der Waals surface area contributed by atoms with Crippen molar-refractivity contribution < 1.29 is 28.7 Å². The zero-order chi connectivity index (χ0) is 37.6. The SMILES string of the molecule is C=C1C[C@@H](c2ncc(-c3ccc(C#Cc4ccc5nc([C@@H]6CCCN6C(=O)[C@@H](CC)NC(=O)OC)[nH]c5c4)cc3)[nH]2)N(C(=O)[C@@H](CC)NC(=O)OC)C1. The molecule has 14 nitrogen and oxygen atoms in total. The Morgan fingerprint density at radius 2 is 1.53 bits per heavy atom. The Kier molecular flexibility index (Phi) is 11.1. The highest BCUT2D eigenvalue weighted by Crippen LogP contribution is 2.35. The van der Waals surface area contributed by atoms with Crippen LogP contribution in [-0.4, -0.2) is 93.1 Å². The summed E-state index contributed by atoms with van der Waals surface area (Å²) >= 11 is 0. The minimum absolute atomic E-state index is 0.151. The van der Waals surface area contributed by atoms with E-state index in [0.717, 1.165) is 51.8 Å². The summed E-state index contributed by atoms with van der Waals surface area (Å²) in [6.45, 7) is 8.76. The first kappa shape index (κ1) is 36.7. The highest BCUT2D eigenvalue weighted by Gasteiger charge is 2.38. The summed E-state index contributed by atoms with van der Waals surface area (Å²) in [7, 11) is 2.55. The quantitative estimate of drug-likeness (QED) is 0.136. The predicted molar refractivity (Wildman–Crippen MR) is 197 cm³/mol. The third kappa shape index (κ3) is 8.04. The van der Waals surface area contributed by atoms with Crippen LogP contribution in [0.1, 0.15) is 80.8 Å². The molecule has 2 aromatic heterocycles. The number of hydrogen-bond donors (Lipinski definition) is 4. The summed E-state index contributed by atoms with van der Waals surface area (Å²) in [5.74, 6) is 7.47. The molecule has 0 bridgehead atoms. The molecule has 2 saturated heterocycles. The first-order valence-corrected chi connectivity index (χ1v) is 17.8. The van der Waals surface area contributed by atoms with Gasteiger partial charge >= 0.3 is 12.2 Å². The average molecular weight is 721 g/mol. The van der Waals surface area contributed by atoms with Gasteiger partial charge in [-0.05, 0) is 68.0 Å². The van der Waals surface area contributed by atoms with Crippen LogP contribution in [0.5, 0.6) is 0 Å². The average Bonchev–Trinajstić information content (AvgIpc) is 4.00. The number of carbonyl (C=O) groups excluding carboxylic acids is 4. The Hall–Kier alpha value is -6.10. The topological polar surface area (TPSA) is 175 Å². The van der Waals surface area contributed by atoms with Crippen LogP contribution in [0.4, 0.5) is 9.59 Å². The molecule has 4 aromatic rings. The summed E-state index contributed by atoms with van der Waals surface area (Å²) in [6.07, 6.45) is 3.52. The fourth-order valence-electron chi connectivity index (χ4n) is 6.86. The Morgan fingerprint density at radius 1 is 0.887 bits per heavy atom. The van der Waals surface area contributed by atoms with Crippen molar-refractivity contribution in [2.45, 2.75) is 70.1 Å². The molecule has 276 valence electrons. The number of methoxy groups -OCH3 is 2. The van der Waals surface area contributed by atoms with Gasteiger partial charge in [-0.15, -0.1) is 0 Å². The fraction of sp³-hybridized carbons (Fsp3) is 0.385. The molecular weight excluding hydrogens is 676 g/mol. The number of likely N-dealkylation sites (tertiary alicyclic amines) is 2. The Morgan fingerprint density at radius 3 is 2.19 bits per heavy atom. The van der Waals surface area contributed by atoms with Gasteiger partial charge in [0.05, 0.1) is 49.2 Å². The number of alkyl carbamates (subject to hydrolysis) is 2. The van der Waals surface area contributed by atoms with Crippen LogP contribution in [0, 0.1) is 11.8 Å². The van der Waals surface area contributed by atoms with Crippen LogP contribution in [0.15, 0.2) is 60.8 Å². The fourth-order valence-corrected chi connectivity index (χ4v) is 6.86. The van der Waals surface area contributed by atoms with Crippen LogP contribution in [-0.2, 0) is 19.1 Å². The van der Waals surface area contributed by atoms with Crippen molar-refractivity contribution in [2.75, 3.05) is 27.3 Å². The number of carbonyl (C=O) groups is 4. The lowest BCUT2D eigenvalue weighted by Crippen LogP contribution is -2.48. The largest absolute Gasteiger partial charge is 0.453 e. The molecule has 4 heterocycles. The Bertz CT molecular complexity index is 2080. The lowest BCUT2D eigenvalue weighted by Gasteiger charge is -2.27. The van der Waals surface area contributed by atoms with Gasteiger partial charge in [0.1, 0.15) is 23.7 Å². The van der Waals surface area contributed by atoms with E-state index in [-0.39, 0.29) is 23.9 Å². The zero-order valence-corrected chi connectivity index (χ0v) is 30.3. The number of aromatic amines is 2. The van der Waals surface area contributed by atoms with Crippen molar-refractivity contribution in [2.24, 2.45) is 0 Å². The number of hydrogen-bond acceptors (Lipinski definition) is 8. The van der Waals surface area contributed by atoms with E-state index in [1.165, 1.54) is 14.2 Å². The lowest BCUT2D eigenvalue weighted by atomic mass is 10.1. The van der Waals surface area contributed by atoms with Crippen molar-refractivity contribution >= 4 is 35.0 Å². The van der Waals surface area contributed by atoms with Crippen LogP contribution >= 0.6 is 0 Å². The maximum absolute atomic E-state index is 13.4. The second kappa shape index (κ2) is 16.1. The highest BCUT2D eigenvalue weighted by molar-refractivity contribution is 5.87. The van der Waals surface area contributed by atoms with Gasteiger partial charge in [0.15, 0.2) is 0 Å². The van der Waals surface area contributed by atoms with Gasteiger partial charge in [-0.1, -0.05) is 50.0 Å². The maximum atomic E-state index is 13.4. The van der Waals surface area contributed by atoms with Gasteiger partial charge in [-0.25, -0.2) is 19.6 Å². The summed E-state index contributed by atoms with van der Waals surface area (Å²) in [5.41, 5.74) is 5.88. The van der Waals surface area contributed by atoms with Gasteiger partial charge in [0, 0.05) is 24.2 Å². The monoisotopic (exact) mass is 720 g/mol. The number of rotatable bonds is 9. The van der Waals surface area contributed by atoms with E-state index in [1.54, 1.807) is 16.0 Å². The molecule has 0 saturated carbocycles. The number of ether oxygens (including phenoxy) is 2. The number of amides is 4. The minimum atomic E-state index is -0.712. The van der Waals surface area contributed by atoms with E-state index in [4.69, 9.17) is 14.5 Å². The van der Waals surface area contributed by atoms with Gasteiger partial charge in [0.2, 0.25) is 11.8 Å². The van der Waals surface area contributed by atoms with Crippen LogP contribution in [0.25, 0.3) is 22.3 Å². The second-order valence-electron chi connectivity index (χ2n) is 13.2. The van der Waals surface area contributed by atoms with Crippen molar-refractivity contribution in [3.63, 3.8) is 0 Å². The summed E-state index contributed by atoms with van der Waals surface area (Å²) in [6, 6.07) is 11.7. The van der Waals surface area contributed by atoms with Gasteiger partial charge in [-0.2, -0.15) is 0 Å². The molecule has 2 aliphatic rings. The molecule has 53 heavy (non-hydrogen) atoms. The predicted octanol–water partition coefficient (Wildman–Crippen LogP) is 5.12. The van der Waals surface area contributed by atoms with E-state index in [1.807, 2.05) is 56.3 Å². The number of fused-ring (bicyclic) bond motifs is 1. The molecule has 0 spiro atoms. The normalized spacial score (nSPS) is 17.9. The lowest BCUT2D eigenvalue weighted by molar-refractivity contribution is -0.135. The number of H-pyrrole nitrogens is 2. The minimum Gasteiger partial charge on any atom is -0.453 e. The molecule has 0 aliphatic carbocycles. The van der Waals surface area contributed by atoms with Gasteiger partial charge in [-0.3, -0.25) is 9.59 Å². The molecule has 4 N–H and O–H groups in total. The second-order valence-corrected chi connectivity index (χ2v) is 13.2. The highest BCUT2D eigenvalue weighted by atomic mass is 16.5. The molecule has 6 rings (SSSR count). The van der Waals surface area contributed by atoms with Crippen LogP contribution in [0.3, 0.4) is 0 Å². The number of benzene rings is 2. The first-order chi connectivity index (χ1) is 25.6. The standard InChI is InChI=1S/C39H44N8O6/c1-6-27(44-38(50)52-4)36(48)46-18-8-9-32(46)35-41-29-17-14-25(20-30(29)42-35)11-10-24-12-15-26(16-13-24)31-21-40-34(43-31)33-19-23(3)22-47(33)37(49)28(7-2)45-39(51)53-5/h12-17,20-21,27-28,32-33H,3,6-9,18-19,22H2,1-2,4-5H3,(H,40,43)(H,41,42)(H,44,50)(H,45,51)/t27-,28-,32+,33+/m1/s1. The zero-order valence-electron chi connectivity index (χ0n) is 30.3. The molecule has 2 aliphatic heterocycles. The molecule has 4 amide bonds. The van der Waals surface area contributed by atoms with Crippen molar-refractivity contribution in [3.8, 4) is 23.1 Å². The molecule has 0 unspecified atom stereocenters. The van der Waals surface area contributed by atoms with Crippen molar-refractivity contribution in [1.29, 1.82) is 0 Å². The van der Waals surface area contributed by atoms with Crippen molar-refractivity contribution in [3.05, 3.63) is 83.6 Å². The van der Waals surface area contributed by atoms with E-state index < -0.39 is 24.3 Å². The Labute approximate surface area is 307 Å². The smallest absolute Gasteiger partial charge is 0.407 e. The molecular formula is C39H44N8O6.